The van der Waals surface area contributed by atoms with Gasteiger partial charge in [-0.3, -0.25) is 9.67 Å². The molecule has 0 amide bonds. The molecule has 0 bridgehead atoms. The minimum absolute atomic E-state index is 0.815. The summed E-state index contributed by atoms with van der Waals surface area (Å²) in [5, 5.41) is 8.70. The van der Waals surface area contributed by atoms with Gasteiger partial charge in [-0.1, -0.05) is 13.0 Å². The molecule has 6 heteroatoms. The van der Waals surface area contributed by atoms with Gasteiger partial charge in [-0.2, -0.15) is 5.10 Å². The summed E-state index contributed by atoms with van der Waals surface area (Å²) in [5.41, 5.74) is 2.03. The number of unbranched alkanes of at least 4 members (excludes halogenated alkanes) is 1. The van der Waals surface area contributed by atoms with E-state index in [-0.39, 0.29) is 0 Å². The molecule has 0 aliphatic rings. The first-order valence-electron chi connectivity index (χ1n) is 8.10. The number of nitrogens with zero attached hydrogens (tertiary/aromatic N) is 5. The summed E-state index contributed by atoms with van der Waals surface area (Å²) < 4.78 is 1.79. The van der Waals surface area contributed by atoms with Crippen LogP contribution in [0, 0.1) is 0 Å². The molecule has 1 N–H and O–H groups in total. The Morgan fingerprint density at radius 1 is 1.17 bits per heavy atom. The van der Waals surface area contributed by atoms with Crippen LogP contribution in [-0.4, -0.2) is 31.3 Å². The number of fused-ring (bicyclic) bond motifs is 1. The molecule has 0 spiro atoms. The first kappa shape index (κ1) is 15.4. The van der Waals surface area contributed by atoms with Gasteiger partial charge in [0.05, 0.1) is 11.6 Å². The highest BCUT2D eigenvalue weighted by Gasteiger charge is 2.10. The molecule has 6 nitrogen and oxygen atoms in total. The van der Waals surface area contributed by atoms with Crippen molar-refractivity contribution in [1.82, 2.24) is 24.7 Å². The fraction of sp³-hybridized carbons (Fsp3) is 0.412. The second-order valence-corrected chi connectivity index (χ2v) is 5.55. The van der Waals surface area contributed by atoms with Gasteiger partial charge in [-0.25, -0.2) is 9.97 Å². The highest BCUT2D eigenvalue weighted by atomic mass is 15.3. The van der Waals surface area contributed by atoms with Crippen LogP contribution in [0.4, 0.5) is 5.82 Å². The zero-order chi connectivity index (χ0) is 16.1. The molecule has 0 radical (unpaired) electrons. The van der Waals surface area contributed by atoms with E-state index in [1.54, 1.807) is 4.68 Å². The number of nitrogens with one attached hydrogen (secondary N) is 1. The molecule has 0 unspecified atom stereocenters. The maximum Gasteiger partial charge on any atom is 0.163 e. The van der Waals surface area contributed by atoms with Crippen LogP contribution in [0.25, 0.3) is 11.0 Å². The molecule has 23 heavy (non-hydrogen) atoms. The predicted octanol–water partition coefficient (Wildman–Crippen LogP) is 2.76. The van der Waals surface area contributed by atoms with Gasteiger partial charge in [0, 0.05) is 31.9 Å². The largest absolute Gasteiger partial charge is 0.369 e. The van der Waals surface area contributed by atoms with E-state index in [2.05, 4.69) is 38.4 Å². The minimum atomic E-state index is 0.815. The SMILES string of the molecule is CCc1nc(NCCCCc2ccccn2)c2cnn(C)c2n1. The maximum atomic E-state index is 4.60. The number of anilines is 1. The molecular weight excluding hydrogens is 288 g/mol. The van der Waals surface area contributed by atoms with Crippen LogP contribution < -0.4 is 5.32 Å². The molecule has 0 aromatic carbocycles. The van der Waals surface area contributed by atoms with Gasteiger partial charge < -0.3 is 5.32 Å². The molecule has 0 saturated carbocycles. The van der Waals surface area contributed by atoms with Crippen LogP contribution in [-0.2, 0) is 19.9 Å². The monoisotopic (exact) mass is 310 g/mol. The van der Waals surface area contributed by atoms with E-state index in [9.17, 15) is 0 Å². The van der Waals surface area contributed by atoms with E-state index in [1.165, 1.54) is 0 Å². The van der Waals surface area contributed by atoms with Gasteiger partial charge in [0.15, 0.2) is 5.65 Å². The molecule has 0 saturated heterocycles. The van der Waals surface area contributed by atoms with E-state index < -0.39 is 0 Å². The summed E-state index contributed by atoms with van der Waals surface area (Å²) in [6.45, 7) is 2.95. The summed E-state index contributed by atoms with van der Waals surface area (Å²) in [4.78, 5) is 13.5. The normalized spacial score (nSPS) is 11.0. The lowest BCUT2D eigenvalue weighted by atomic mass is 10.2. The van der Waals surface area contributed by atoms with Gasteiger partial charge >= 0.3 is 0 Å². The molecule has 3 aromatic rings. The Bertz CT molecular complexity index is 765. The topological polar surface area (TPSA) is 68.5 Å². The predicted molar refractivity (Wildman–Crippen MR) is 91.3 cm³/mol. The van der Waals surface area contributed by atoms with Crippen molar-refractivity contribution < 1.29 is 0 Å². The molecule has 0 atom stereocenters. The van der Waals surface area contributed by atoms with Gasteiger partial charge in [0.1, 0.15) is 11.6 Å². The average molecular weight is 310 g/mol. The third-order valence-electron chi connectivity index (χ3n) is 3.83. The molecule has 0 aliphatic heterocycles. The van der Waals surface area contributed by atoms with Crippen molar-refractivity contribution in [3.05, 3.63) is 42.1 Å². The van der Waals surface area contributed by atoms with Crippen LogP contribution in [0.5, 0.6) is 0 Å². The lowest BCUT2D eigenvalue weighted by Crippen LogP contribution is -2.07. The van der Waals surface area contributed by atoms with Crippen molar-refractivity contribution >= 4 is 16.9 Å². The molecule has 120 valence electrons. The first-order valence-corrected chi connectivity index (χ1v) is 8.10. The summed E-state index contributed by atoms with van der Waals surface area (Å²) in [6, 6.07) is 6.06. The van der Waals surface area contributed by atoms with Crippen LogP contribution >= 0.6 is 0 Å². The molecule has 3 heterocycles. The molecule has 0 aliphatic carbocycles. The average Bonchev–Trinajstić information content (AvgIpc) is 2.96. The lowest BCUT2D eigenvalue weighted by Gasteiger charge is -2.08. The van der Waals surface area contributed by atoms with Crippen molar-refractivity contribution in [2.45, 2.75) is 32.6 Å². The zero-order valence-corrected chi connectivity index (χ0v) is 13.7. The Hall–Kier alpha value is -2.50. The van der Waals surface area contributed by atoms with Crippen molar-refractivity contribution in [2.24, 2.45) is 7.05 Å². The third kappa shape index (κ3) is 3.64. The Morgan fingerprint density at radius 2 is 2.09 bits per heavy atom. The smallest absolute Gasteiger partial charge is 0.163 e. The number of hydrogen-bond donors (Lipinski definition) is 1. The fourth-order valence-corrected chi connectivity index (χ4v) is 2.54. The van der Waals surface area contributed by atoms with E-state index in [0.29, 0.717) is 0 Å². The highest BCUT2D eigenvalue weighted by Crippen LogP contribution is 2.19. The Kier molecular flexibility index (Phi) is 4.80. The highest BCUT2D eigenvalue weighted by molar-refractivity contribution is 5.86. The van der Waals surface area contributed by atoms with Crippen LogP contribution in [0.1, 0.15) is 31.3 Å². The lowest BCUT2D eigenvalue weighted by molar-refractivity contribution is 0.747. The van der Waals surface area contributed by atoms with Crippen molar-refractivity contribution in [3.8, 4) is 0 Å². The van der Waals surface area contributed by atoms with E-state index in [1.807, 2.05) is 31.6 Å². The van der Waals surface area contributed by atoms with Gasteiger partial charge in [-0.05, 0) is 31.4 Å². The fourth-order valence-electron chi connectivity index (χ4n) is 2.54. The van der Waals surface area contributed by atoms with Crippen molar-refractivity contribution in [2.75, 3.05) is 11.9 Å². The minimum Gasteiger partial charge on any atom is -0.369 e. The maximum absolute atomic E-state index is 4.60. The number of hydrogen-bond acceptors (Lipinski definition) is 5. The van der Waals surface area contributed by atoms with Crippen LogP contribution in [0.15, 0.2) is 30.6 Å². The van der Waals surface area contributed by atoms with E-state index in [0.717, 1.165) is 60.6 Å². The summed E-state index contributed by atoms with van der Waals surface area (Å²) in [5.74, 6) is 1.73. The summed E-state index contributed by atoms with van der Waals surface area (Å²) >= 11 is 0. The molecule has 3 rings (SSSR count). The van der Waals surface area contributed by atoms with Crippen LogP contribution in [0.3, 0.4) is 0 Å². The number of pyridine rings is 1. The molecule has 3 aromatic heterocycles. The molecule has 0 fully saturated rings. The second kappa shape index (κ2) is 7.17. The van der Waals surface area contributed by atoms with Gasteiger partial charge in [0.25, 0.3) is 0 Å². The van der Waals surface area contributed by atoms with E-state index in [4.69, 9.17) is 0 Å². The Labute approximate surface area is 136 Å². The quantitative estimate of drug-likeness (QED) is 0.680. The van der Waals surface area contributed by atoms with E-state index >= 15 is 0 Å². The first-order chi connectivity index (χ1) is 11.3. The van der Waals surface area contributed by atoms with Gasteiger partial charge in [0.2, 0.25) is 0 Å². The summed E-state index contributed by atoms with van der Waals surface area (Å²) in [7, 11) is 1.91. The Morgan fingerprint density at radius 3 is 2.87 bits per heavy atom. The summed E-state index contributed by atoms with van der Waals surface area (Å²) in [6.07, 6.45) is 7.67. The molecular formula is C17H22N6. The second-order valence-electron chi connectivity index (χ2n) is 5.55. The van der Waals surface area contributed by atoms with Crippen LogP contribution in [0.2, 0.25) is 0 Å². The van der Waals surface area contributed by atoms with Gasteiger partial charge in [-0.15, -0.1) is 0 Å². The third-order valence-corrected chi connectivity index (χ3v) is 3.83. The zero-order valence-electron chi connectivity index (χ0n) is 13.7. The Balaban J connectivity index is 1.58. The van der Waals surface area contributed by atoms with Crippen molar-refractivity contribution in [1.29, 1.82) is 0 Å². The number of rotatable bonds is 7. The number of aromatic nitrogens is 5. The number of aryl methyl sites for hydroxylation is 3. The van der Waals surface area contributed by atoms with Crippen molar-refractivity contribution in [3.63, 3.8) is 0 Å². The standard InChI is InChI=1S/C17H22N6/c1-3-15-21-16(14-12-20-23(2)17(14)22-15)19-11-7-5-9-13-8-4-6-10-18-13/h4,6,8,10,12H,3,5,7,9,11H2,1-2H3,(H,19,21,22).